The van der Waals surface area contributed by atoms with E-state index >= 15 is 0 Å². The molecule has 0 aromatic carbocycles. The number of carbonyl (C=O) groups is 2. The van der Waals surface area contributed by atoms with Gasteiger partial charge in [0.15, 0.2) is 0 Å². The molecule has 0 aromatic rings. The Balaban J connectivity index is 3.37. The van der Waals surface area contributed by atoms with Crippen LogP contribution >= 0.6 is 0 Å². The Morgan fingerprint density at radius 2 is 0.635 bits per heavy atom. The molecule has 0 aliphatic rings. The van der Waals surface area contributed by atoms with Crippen LogP contribution in [-0.2, 0) is 14.3 Å². The van der Waals surface area contributed by atoms with Crippen molar-refractivity contribution in [2.75, 3.05) is 13.2 Å². The first-order valence-corrected chi connectivity index (χ1v) is 33.6. The van der Waals surface area contributed by atoms with Gasteiger partial charge in [0.25, 0.3) is 0 Å². The van der Waals surface area contributed by atoms with E-state index in [4.69, 9.17) is 4.74 Å². The third-order valence-electron chi connectivity index (χ3n) is 15.7. The number of nitrogens with one attached hydrogen (secondary N) is 1. The van der Waals surface area contributed by atoms with Crippen LogP contribution in [0.3, 0.4) is 0 Å². The highest BCUT2D eigenvalue weighted by Crippen LogP contribution is 2.18. The quantitative estimate of drug-likeness (QED) is 0.0320. The Morgan fingerprint density at radius 1 is 0.365 bits per heavy atom. The van der Waals surface area contributed by atoms with Gasteiger partial charge in [-0.1, -0.05) is 308 Å². The molecule has 6 heteroatoms. The van der Waals surface area contributed by atoms with Crippen molar-refractivity contribution in [2.45, 2.75) is 386 Å². The maximum atomic E-state index is 12.5. The van der Waals surface area contributed by atoms with Gasteiger partial charge in [-0.25, -0.2) is 0 Å². The van der Waals surface area contributed by atoms with Crippen LogP contribution in [-0.4, -0.2) is 47.4 Å². The Hall–Kier alpha value is -1.66. The van der Waals surface area contributed by atoms with Crippen LogP contribution in [0.1, 0.15) is 373 Å². The number of rotatable bonds is 63. The molecule has 3 N–H and O–H groups in total. The first-order valence-electron chi connectivity index (χ1n) is 33.6. The SMILES string of the molecule is CCCCCCCC/C=C\CCCCCCCCCCCC(=O)OCCCCCCCCCCCCCC/C=C\CCCCCCCCCCC(=O)NC(CO)C(O)CCCCCCCCCCCCCCCC. The number of unbranched alkanes of at least 4 members (excludes halogenated alkanes) is 48. The predicted octanol–water partition coefficient (Wildman–Crippen LogP) is 21.4. The molecule has 0 saturated carbocycles. The number of carbonyl (C=O) groups excluding carboxylic acids is 2. The van der Waals surface area contributed by atoms with Crippen LogP contribution in [0.25, 0.3) is 0 Å². The molecule has 6 nitrogen and oxygen atoms in total. The predicted molar refractivity (Wildman–Crippen MR) is 324 cm³/mol. The molecule has 74 heavy (non-hydrogen) atoms. The lowest BCUT2D eigenvalue weighted by Crippen LogP contribution is -2.45. The molecule has 0 aromatic heterocycles. The lowest BCUT2D eigenvalue weighted by Gasteiger charge is -2.22. The van der Waals surface area contributed by atoms with Gasteiger partial charge in [-0.2, -0.15) is 0 Å². The summed E-state index contributed by atoms with van der Waals surface area (Å²) in [5.41, 5.74) is 0. The third kappa shape index (κ3) is 59.6. The normalized spacial score (nSPS) is 12.6. The molecule has 438 valence electrons. The topological polar surface area (TPSA) is 95.9 Å². The van der Waals surface area contributed by atoms with Gasteiger partial charge in [-0.05, 0) is 77.0 Å². The van der Waals surface area contributed by atoms with Crippen molar-refractivity contribution < 1.29 is 24.5 Å². The molecule has 0 rings (SSSR count). The monoisotopic (exact) mass is 1040 g/mol. The minimum absolute atomic E-state index is 0.0127. The van der Waals surface area contributed by atoms with E-state index in [1.165, 1.54) is 295 Å². The molecular weight excluding hydrogens is 911 g/mol. The van der Waals surface area contributed by atoms with Crippen molar-refractivity contribution in [3.8, 4) is 0 Å². The van der Waals surface area contributed by atoms with E-state index in [0.29, 0.717) is 25.9 Å². The first-order chi connectivity index (χ1) is 36.5. The van der Waals surface area contributed by atoms with E-state index < -0.39 is 12.1 Å². The van der Waals surface area contributed by atoms with E-state index in [-0.39, 0.29) is 18.5 Å². The molecule has 0 aliphatic heterocycles. The molecule has 2 atom stereocenters. The molecule has 0 spiro atoms. The zero-order valence-electron chi connectivity index (χ0n) is 50.1. The summed E-state index contributed by atoms with van der Waals surface area (Å²) >= 11 is 0. The molecule has 0 heterocycles. The molecule has 2 unspecified atom stereocenters. The molecular formula is C68H131NO5. The number of amides is 1. The highest BCUT2D eigenvalue weighted by Gasteiger charge is 2.20. The van der Waals surface area contributed by atoms with Crippen molar-refractivity contribution >= 4 is 11.9 Å². The molecule has 0 radical (unpaired) electrons. The van der Waals surface area contributed by atoms with Crippen LogP contribution < -0.4 is 5.32 Å². The summed E-state index contributed by atoms with van der Waals surface area (Å²) in [5, 5.41) is 23.3. The van der Waals surface area contributed by atoms with Crippen molar-refractivity contribution in [3.05, 3.63) is 24.3 Å². The van der Waals surface area contributed by atoms with Gasteiger partial charge in [0.1, 0.15) is 0 Å². The maximum Gasteiger partial charge on any atom is 0.305 e. The molecule has 0 bridgehead atoms. The first kappa shape index (κ1) is 72.3. The number of hydrogen-bond acceptors (Lipinski definition) is 5. The second-order valence-electron chi connectivity index (χ2n) is 23.1. The fourth-order valence-electron chi connectivity index (χ4n) is 10.6. The standard InChI is InChI=1S/C68H131NO5/c1-3-5-7-9-11-13-15-17-19-20-27-31-34-38-42-46-50-54-58-62-68(73)74-63-59-55-51-47-43-39-35-32-29-26-24-22-21-23-25-28-30-33-37-41-45-49-53-57-61-67(72)69-65(64-70)66(71)60-56-52-48-44-40-36-18-16-14-12-10-8-6-4-2/h17,19,23,25,65-66,70-71H,3-16,18,20-22,24,26-64H2,1-2H3,(H,69,72)/b19-17-,25-23-. The largest absolute Gasteiger partial charge is 0.466 e. The van der Waals surface area contributed by atoms with Crippen molar-refractivity contribution in [3.63, 3.8) is 0 Å². The van der Waals surface area contributed by atoms with E-state index in [2.05, 4.69) is 43.5 Å². The van der Waals surface area contributed by atoms with Crippen molar-refractivity contribution in [1.82, 2.24) is 5.32 Å². The molecule has 0 fully saturated rings. The number of aliphatic hydroxyl groups excluding tert-OH is 2. The van der Waals surface area contributed by atoms with Gasteiger partial charge in [-0.3, -0.25) is 9.59 Å². The lowest BCUT2D eigenvalue weighted by molar-refractivity contribution is -0.143. The summed E-state index contributed by atoms with van der Waals surface area (Å²) in [4.78, 5) is 24.6. The fraction of sp³-hybridized carbons (Fsp3) is 0.912. The summed E-state index contributed by atoms with van der Waals surface area (Å²) in [7, 11) is 0. The van der Waals surface area contributed by atoms with Gasteiger partial charge in [0, 0.05) is 12.8 Å². The number of hydrogen-bond donors (Lipinski definition) is 3. The summed E-state index contributed by atoms with van der Waals surface area (Å²) in [5.74, 6) is -0.0248. The number of allylic oxidation sites excluding steroid dienone is 4. The van der Waals surface area contributed by atoms with Gasteiger partial charge in [0.05, 0.1) is 25.4 Å². The second-order valence-corrected chi connectivity index (χ2v) is 23.1. The molecule has 1 amide bonds. The van der Waals surface area contributed by atoms with Gasteiger partial charge in [-0.15, -0.1) is 0 Å². The smallest absolute Gasteiger partial charge is 0.305 e. The average Bonchev–Trinajstić information content (AvgIpc) is 3.40. The van der Waals surface area contributed by atoms with Gasteiger partial charge < -0.3 is 20.3 Å². The van der Waals surface area contributed by atoms with Crippen molar-refractivity contribution in [1.29, 1.82) is 0 Å². The fourth-order valence-corrected chi connectivity index (χ4v) is 10.6. The number of aliphatic hydroxyl groups is 2. The van der Waals surface area contributed by atoms with Gasteiger partial charge >= 0.3 is 5.97 Å². The van der Waals surface area contributed by atoms with Crippen LogP contribution in [0.4, 0.5) is 0 Å². The van der Waals surface area contributed by atoms with Crippen LogP contribution in [0.2, 0.25) is 0 Å². The summed E-state index contributed by atoms with van der Waals surface area (Å²) < 4.78 is 5.50. The minimum atomic E-state index is -0.666. The highest BCUT2D eigenvalue weighted by atomic mass is 16.5. The number of ether oxygens (including phenoxy) is 1. The lowest BCUT2D eigenvalue weighted by atomic mass is 10.0. The Morgan fingerprint density at radius 3 is 0.959 bits per heavy atom. The highest BCUT2D eigenvalue weighted by molar-refractivity contribution is 5.76. The van der Waals surface area contributed by atoms with Gasteiger partial charge in [0.2, 0.25) is 5.91 Å². The van der Waals surface area contributed by atoms with Crippen LogP contribution in [0.5, 0.6) is 0 Å². The Kier molecular flexibility index (Phi) is 62.4. The maximum absolute atomic E-state index is 12.5. The third-order valence-corrected chi connectivity index (χ3v) is 15.7. The average molecular weight is 1040 g/mol. The number of esters is 1. The molecule has 0 aliphatic carbocycles. The molecule has 0 saturated heterocycles. The van der Waals surface area contributed by atoms with Crippen LogP contribution in [0.15, 0.2) is 24.3 Å². The minimum Gasteiger partial charge on any atom is -0.466 e. The summed E-state index contributed by atoms with van der Waals surface area (Å²) in [6.07, 6.45) is 79.2. The second kappa shape index (κ2) is 63.9. The summed E-state index contributed by atoms with van der Waals surface area (Å²) in [6.45, 7) is 4.97. The Bertz CT molecular complexity index is 1150. The van der Waals surface area contributed by atoms with E-state index in [0.717, 1.165) is 44.9 Å². The van der Waals surface area contributed by atoms with Crippen LogP contribution in [0, 0.1) is 0 Å². The van der Waals surface area contributed by atoms with E-state index in [1.807, 2.05) is 0 Å². The van der Waals surface area contributed by atoms with E-state index in [9.17, 15) is 19.8 Å². The van der Waals surface area contributed by atoms with E-state index in [1.54, 1.807) is 0 Å². The zero-order valence-corrected chi connectivity index (χ0v) is 50.1. The Labute approximate surface area is 462 Å². The van der Waals surface area contributed by atoms with Crippen molar-refractivity contribution in [2.24, 2.45) is 0 Å². The summed E-state index contributed by atoms with van der Waals surface area (Å²) in [6, 6.07) is -0.544. The zero-order chi connectivity index (χ0) is 53.6.